The predicted octanol–water partition coefficient (Wildman–Crippen LogP) is 1.53. The van der Waals surface area contributed by atoms with Crippen molar-refractivity contribution in [2.45, 2.75) is 13.5 Å². The Hall–Kier alpha value is -3.42. The van der Waals surface area contributed by atoms with Crippen molar-refractivity contribution in [1.29, 1.82) is 0 Å². The molecular weight excluding hydrogens is 304 g/mol. The molecule has 120 valence electrons. The summed E-state index contributed by atoms with van der Waals surface area (Å²) in [4.78, 5) is 13.1. The first-order valence-electron chi connectivity index (χ1n) is 7.45. The number of imidazole rings is 1. The quantitative estimate of drug-likeness (QED) is 0.553. The normalized spacial score (nSPS) is 11.2. The lowest BCUT2D eigenvalue weighted by Gasteiger charge is -2.09. The summed E-state index contributed by atoms with van der Waals surface area (Å²) in [5, 5.41) is 4.20. The minimum absolute atomic E-state index is 0.184. The second-order valence-corrected chi connectivity index (χ2v) is 5.59. The van der Waals surface area contributed by atoms with Crippen molar-refractivity contribution in [1.82, 2.24) is 29.3 Å². The molecule has 0 aliphatic rings. The van der Waals surface area contributed by atoms with Crippen LogP contribution in [0.2, 0.25) is 0 Å². The molecule has 0 saturated carbocycles. The first-order chi connectivity index (χ1) is 11.6. The molecule has 0 bridgehead atoms. The highest BCUT2D eigenvalue weighted by atomic mass is 15.3. The van der Waals surface area contributed by atoms with E-state index in [1.165, 1.54) is 0 Å². The van der Waals surface area contributed by atoms with E-state index < -0.39 is 0 Å². The Morgan fingerprint density at radius 3 is 2.79 bits per heavy atom. The van der Waals surface area contributed by atoms with E-state index in [2.05, 4.69) is 20.1 Å². The van der Waals surface area contributed by atoms with E-state index in [0.717, 1.165) is 16.8 Å². The summed E-state index contributed by atoms with van der Waals surface area (Å²) in [6.45, 7) is 2.65. The number of hydrogen-bond donors (Lipinski definition) is 2. The van der Waals surface area contributed by atoms with E-state index in [1.807, 2.05) is 35.8 Å². The molecule has 3 aromatic heterocycles. The Morgan fingerprint density at radius 1 is 1.17 bits per heavy atom. The van der Waals surface area contributed by atoms with Gasteiger partial charge in [0.05, 0.1) is 12.9 Å². The van der Waals surface area contributed by atoms with Crippen LogP contribution in [0.5, 0.6) is 0 Å². The van der Waals surface area contributed by atoms with Crippen molar-refractivity contribution >= 4 is 22.8 Å². The zero-order valence-corrected chi connectivity index (χ0v) is 13.1. The average Bonchev–Trinajstić information content (AvgIpc) is 3.20. The summed E-state index contributed by atoms with van der Waals surface area (Å²) in [7, 11) is 0. The summed E-state index contributed by atoms with van der Waals surface area (Å²) < 4.78 is 3.57. The summed E-state index contributed by atoms with van der Waals surface area (Å²) in [5.41, 5.74) is 16.0. The molecule has 0 aliphatic heterocycles. The molecule has 24 heavy (non-hydrogen) atoms. The third-order valence-corrected chi connectivity index (χ3v) is 3.89. The average molecular weight is 320 g/mol. The molecule has 0 amide bonds. The van der Waals surface area contributed by atoms with Gasteiger partial charge in [-0.3, -0.25) is 0 Å². The van der Waals surface area contributed by atoms with E-state index in [0.29, 0.717) is 23.5 Å². The van der Waals surface area contributed by atoms with Gasteiger partial charge in [-0.1, -0.05) is 6.07 Å². The van der Waals surface area contributed by atoms with Gasteiger partial charge >= 0.3 is 0 Å². The minimum Gasteiger partial charge on any atom is -0.399 e. The van der Waals surface area contributed by atoms with Gasteiger partial charge in [0.25, 0.3) is 0 Å². The van der Waals surface area contributed by atoms with Crippen LogP contribution in [-0.4, -0.2) is 29.3 Å². The predicted molar refractivity (Wildman–Crippen MR) is 91.6 cm³/mol. The Bertz CT molecular complexity index is 1020. The van der Waals surface area contributed by atoms with Crippen LogP contribution in [-0.2, 0) is 6.54 Å². The fourth-order valence-electron chi connectivity index (χ4n) is 2.70. The molecule has 3 heterocycles. The number of nitrogens with two attached hydrogens (primary N) is 2. The van der Waals surface area contributed by atoms with Gasteiger partial charge < -0.3 is 16.0 Å². The Balaban J connectivity index is 1.83. The third-order valence-electron chi connectivity index (χ3n) is 3.89. The van der Waals surface area contributed by atoms with Gasteiger partial charge in [-0.25, -0.2) is 9.67 Å². The number of rotatable bonds is 3. The van der Waals surface area contributed by atoms with E-state index in [9.17, 15) is 0 Å². The van der Waals surface area contributed by atoms with Crippen molar-refractivity contribution in [3.63, 3.8) is 0 Å². The Labute approximate surface area is 137 Å². The number of fused-ring (bicyclic) bond motifs is 1. The van der Waals surface area contributed by atoms with Gasteiger partial charge in [-0.15, -0.1) is 0 Å². The lowest BCUT2D eigenvalue weighted by atomic mass is 10.1. The molecule has 4 N–H and O–H groups in total. The molecule has 0 spiro atoms. The lowest BCUT2D eigenvalue weighted by molar-refractivity contribution is 0.807. The fraction of sp³-hybridized carbons (Fsp3) is 0.125. The molecule has 0 fully saturated rings. The second kappa shape index (κ2) is 5.34. The van der Waals surface area contributed by atoms with Crippen LogP contribution in [0.3, 0.4) is 0 Å². The third kappa shape index (κ3) is 2.34. The maximum absolute atomic E-state index is 5.88. The SMILES string of the molecule is Cc1cc(N)ccc1Cn1cnc2c(-n3cccn3)nc(N)nc21. The topological polar surface area (TPSA) is 113 Å². The first-order valence-corrected chi connectivity index (χ1v) is 7.45. The molecular formula is C16H16N8. The van der Waals surface area contributed by atoms with Crippen LogP contribution >= 0.6 is 0 Å². The van der Waals surface area contributed by atoms with Crippen LogP contribution in [0.4, 0.5) is 11.6 Å². The molecule has 0 unspecified atom stereocenters. The van der Waals surface area contributed by atoms with Gasteiger partial charge in [-0.05, 0) is 36.2 Å². The number of nitrogen functional groups attached to an aromatic ring is 2. The molecule has 0 saturated heterocycles. The van der Waals surface area contributed by atoms with Gasteiger partial charge in [0.15, 0.2) is 17.0 Å². The summed E-state index contributed by atoms with van der Waals surface area (Å²) >= 11 is 0. The summed E-state index contributed by atoms with van der Waals surface area (Å²) in [6.07, 6.45) is 5.21. The number of anilines is 2. The molecule has 0 radical (unpaired) electrons. The number of hydrogen-bond acceptors (Lipinski definition) is 6. The van der Waals surface area contributed by atoms with E-state index in [1.54, 1.807) is 23.4 Å². The van der Waals surface area contributed by atoms with Gasteiger partial charge in [0.1, 0.15) is 0 Å². The molecule has 4 rings (SSSR count). The van der Waals surface area contributed by atoms with Crippen molar-refractivity contribution in [3.05, 3.63) is 54.1 Å². The van der Waals surface area contributed by atoms with Crippen molar-refractivity contribution in [3.8, 4) is 5.82 Å². The Morgan fingerprint density at radius 2 is 2.04 bits per heavy atom. The molecule has 8 nitrogen and oxygen atoms in total. The molecule has 0 aliphatic carbocycles. The maximum Gasteiger partial charge on any atom is 0.224 e. The summed E-state index contributed by atoms with van der Waals surface area (Å²) in [6, 6.07) is 7.67. The zero-order valence-electron chi connectivity index (χ0n) is 13.1. The molecule has 4 aromatic rings. The number of aromatic nitrogens is 6. The highest BCUT2D eigenvalue weighted by Crippen LogP contribution is 2.21. The zero-order chi connectivity index (χ0) is 16.7. The van der Waals surface area contributed by atoms with Crippen LogP contribution < -0.4 is 11.5 Å². The monoisotopic (exact) mass is 320 g/mol. The number of aryl methyl sites for hydroxylation is 1. The summed E-state index contributed by atoms with van der Waals surface area (Å²) in [5.74, 6) is 0.749. The first kappa shape index (κ1) is 14.2. The molecule has 8 heteroatoms. The van der Waals surface area contributed by atoms with E-state index in [4.69, 9.17) is 11.5 Å². The number of nitrogens with zero attached hydrogens (tertiary/aromatic N) is 6. The van der Waals surface area contributed by atoms with E-state index in [-0.39, 0.29) is 5.95 Å². The highest BCUT2D eigenvalue weighted by Gasteiger charge is 2.14. The fourth-order valence-corrected chi connectivity index (χ4v) is 2.70. The molecule has 1 aromatic carbocycles. The van der Waals surface area contributed by atoms with Crippen LogP contribution in [0.25, 0.3) is 17.0 Å². The lowest BCUT2D eigenvalue weighted by Crippen LogP contribution is -2.07. The van der Waals surface area contributed by atoms with Gasteiger partial charge in [0.2, 0.25) is 5.95 Å². The highest BCUT2D eigenvalue weighted by molar-refractivity contribution is 5.79. The van der Waals surface area contributed by atoms with Crippen molar-refractivity contribution in [2.24, 2.45) is 0 Å². The van der Waals surface area contributed by atoms with Crippen LogP contribution in [0.15, 0.2) is 43.0 Å². The Kier molecular flexibility index (Phi) is 3.16. The number of benzene rings is 1. The van der Waals surface area contributed by atoms with Crippen molar-refractivity contribution in [2.75, 3.05) is 11.5 Å². The maximum atomic E-state index is 5.88. The second-order valence-electron chi connectivity index (χ2n) is 5.59. The molecule has 0 atom stereocenters. The van der Waals surface area contributed by atoms with E-state index >= 15 is 0 Å². The smallest absolute Gasteiger partial charge is 0.224 e. The van der Waals surface area contributed by atoms with Crippen LogP contribution in [0, 0.1) is 6.92 Å². The van der Waals surface area contributed by atoms with Gasteiger partial charge in [0, 0.05) is 18.1 Å². The van der Waals surface area contributed by atoms with Crippen molar-refractivity contribution < 1.29 is 0 Å². The van der Waals surface area contributed by atoms with Gasteiger partial charge in [-0.2, -0.15) is 15.1 Å². The standard InChI is InChI=1S/C16H16N8/c1-10-7-12(17)4-3-11(10)8-23-9-19-13-14(23)21-16(18)22-15(13)24-6-2-5-20-24/h2-7,9H,8,17H2,1H3,(H2,18,21,22). The van der Waals surface area contributed by atoms with Crippen LogP contribution in [0.1, 0.15) is 11.1 Å². The minimum atomic E-state index is 0.184. The largest absolute Gasteiger partial charge is 0.399 e.